The third kappa shape index (κ3) is 6.75. The second kappa shape index (κ2) is 7.63. The van der Waals surface area contributed by atoms with Gasteiger partial charge in [-0.2, -0.15) is 13.2 Å². The number of hydrogen-bond acceptors (Lipinski definition) is 3. The zero-order valence-electron chi connectivity index (χ0n) is 11.2. The van der Waals surface area contributed by atoms with Gasteiger partial charge in [-0.25, -0.2) is 0 Å². The lowest BCUT2D eigenvalue weighted by atomic mass is 10.2. The van der Waals surface area contributed by atoms with Crippen molar-refractivity contribution < 1.29 is 22.8 Å². The molecule has 116 valence electrons. The molecule has 3 N–H and O–H groups in total. The third-order valence-electron chi connectivity index (χ3n) is 2.56. The average molecular weight is 303 g/mol. The summed E-state index contributed by atoms with van der Waals surface area (Å²) < 4.78 is 37.6. The van der Waals surface area contributed by atoms with Crippen LogP contribution in [0.5, 0.6) is 0 Å². The second-order valence-corrected chi connectivity index (χ2v) is 4.33. The van der Waals surface area contributed by atoms with Gasteiger partial charge in [0.05, 0.1) is 13.1 Å². The number of alkyl halides is 3. The lowest BCUT2D eigenvalue weighted by molar-refractivity contribution is -0.162. The lowest BCUT2D eigenvalue weighted by Crippen LogP contribution is -2.45. The molecule has 0 unspecified atom stereocenters. The number of nitrogens with one attached hydrogen (secondary N) is 1. The number of carbonyl (C=O) groups is 2. The third-order valence-corrected chi connectivity index (χ3v) is 2.56. The predicted octanol–water partition coefficient (Wildman–Crippen LogP) is 0.652. The standard InChI is InChI=1S/C13H16F3N3O2/c14-13(15,16)9-19(8-10-4-2-1-3-5-10)12(21)7-18-11(20)6-17/h1-5H,6-9,17H2,(H,18,20). The molecule has 0 atom stereocenters. The highest BCUT2D eigenvalue weighted by Crippen LogP contribution is 2.18. The van der Waals surface area contributed by atoms with Gasteiger partial charge in [0.15, 0.2) is 0 Å². The van der Waals surface area contributed by atoms with Crippen LogP contribution >= 0.6 is 0 Å². The fraction of sp³-hybridized carbons (Fsp3) is 0.385. The number of nitrogens with zero attached hydrogens (tertiary/aromatic N) is 1. The van der Waals surface area contributed by atoms with Gasteiger partial charge in [0.25, 0.3) is 0 Å². The highest BCUT2D eigenvalue weighted by atomic mass is 19.4. The van der Waals surface area contributed by atoms with E-state index in [4.69, 9.17) is 5.73 Å². The van der Waals surface area contributed by atoms with E-state index in [0.717, 1.165) is 0 Å². The molecule has 2 amide bonds. The summed E-state index contributed by atoms with van der Waals surface area (Å²) >= 11 is 0. The second-order valence-electron chi connectivity index (χ2n) is 4.33. The normalized spacial score (nSPS) is 11.0. The minimum Gasteiger partial charge on any atom is -0.346 e. The van der Waals surface area contributed by atoms with E-state index < -0.39 is 31.1 Å². The molecule has 0 spiro atoms. The molecule has 8 heteroatoms. The van der Waals surface area contributed by atoms with E-state index in [1.165, 1.54) is 0 Å². The van der Waals surface area contributed by atoms with Gasteiger partial charge in [-0.05, 0) is 5.56 Å². The first-order valence-corrected chi connectivity index (χ1v) is 6.17. The first-order valence-electron chi connectivity index (χ1n) is 6.17. The maximum absolute atomic E-state index is 12.5. The molecule has 1 aromatic carbocycles. The molecule has 21 heavy (non-hydrogen) atoms. The van der Waals surface area contributed by atoms with Gasteiger partial charge >= 0.3 is 6.18 Å². The van der Waals surface area contributed by atoms with Crippen molar-refractivity contribution in [3.05, 3.63) is 35.9 Å². The highest BCUT2D eigenvalue weighted by molar-refractivity contribution is 5.85. The van der Waals surface area contributed by atoms with E-state index in [-0.39, 0.29) is 13.1 Å². The van der Waals surface area contributed by atoms with Crippen molar-refractivity contribution in [2.45, 2.75) is 12.7 Å². The van der Waals surface area contributed by atoms with E-state index in [1.54, 1.807) is 30.3 Å². The molecule has 0 saturated heterocycles. The van der Waals surface area contributed by atoms with E-state index in [9.17, 15) is 22.8 Å². The Morgan fingerprint density at radius 3 is 2.33 bits per heavy atom. The van der Waals surface area contributed by atoms with Crippen LogP contribution in [-0.2, 0) is 16.1 Å². The van der Waals surface area contributed by atoms with E-state index in [1.807, 2.05) is 0 Å². The number of hydrogen-bond donors (Lipinski definition) is 2. The Labute approximate surface area is 119 Å². The van der Waals surface area contributed by atoms with Crippen LogP contribution in [-0.4, -0.2) is 42.5 Å². The zero-order chi connectivity index (χ0) is 15.9. The first-order chi connectivity index (χ1) is 9.81. The molecule has 0 aromatic heterocycles. The molecule has 0 aliphatic carbocycles. The molecule has 0 aliphatic heterocycles. The van der Waals surface area contributed by atoms with Crippen molar-refractivity contribution in [1.29, 1.82) is 0 Å². The molecular formula is C13H16F3N3O2. The summed E-state index contributed by atoms with van der Waals surface area (Å²) in [5.74, 6) is -1.42. The first kappa shape index (κ1) is 17.0. The van der Waals surface area contributed by atoms with E-state index in [2.05, 4.69) is 5.32 Å². The highest BCUT2D eigenvalue weighted by Gasteiger charge is 2.33. The van der Waals surface area contributed by atoms with Crippen LogP contribution in [0, 0.1) is 0 Å². The molecule has 0 saturated carbocycles. The maximum Gasteiger partial charge on any atom is 0.406 e. The Balaban J connectivity index is 2.72. The van der Waals surface area contributed by atoms with Crippen molar-refractivity contribution in [3.63, 3.8) is 0 Å². The predicted molar refractivity (Wildman–Crippen MR) is 70.0 cm³/mol. The van der Waals surface area contributed by atoms with Gasteiger partial charge in [-0.15, -0.1) is 0 Å². The number of rotatable bonds is 6. The molecule has 0 bridgehead atoms. The monoisotopic (exact) mass is 303 g/mol. The zero-order valence-corrected chi connectivity index (χ0v) is 11.2. The SMILES string of the molecule is NCC(=O)NCC(=O)N(Cc1ccccc1)CC(F)(F)F. The molecule has 0 aliphatic rings. The fourth-order valence-electron chi connectivity index (χ4n) is 1.61. The summed E-state index contributed by atoms with van der Waals surface area (Å²) in [7, 11) is 0. The molecule has 0 fully saturated rings. The summed E-state index contributed by atoms with van der Waals surface area (Å²) in [6.07, 6.45) is -4.51. The van der Waals surface area contributed by atoms with Crippen molar-refractivity contribution in [1.82, 2.24) is 10.2 Å². The quantitative estimate of drug-likeness (QED) is 0.810. The average Bonchev–Trinajstić information content (AvgIpc) is 2.43. The molecule has 5 nitrogen and oxygen atoms in total. The van der Waals surface area contributed by atoms with Crippen LogP contribution in [0.25, 0.3) is 0 Å². The van der Waals surface area contributed by atoms with Gasteiger partial charge in [0, 0.05) is 6.54 Å². The maximum atomic E-state index is 12.5. The van der Waals surface area contributed by atoms with E-state index >= 15 is 0 Å². The Kier molecular flexibility index (Phi) is 6.16. The molecule has 1 aromatic rings. The summed E-state index contributed by atoms with van der Waals surface area (Å²) in [5, 5.41) is 2.16. The van der Waals surface area contributed by atoms with Crippen LogP contribution < -0.4 is 11.1 Å². The van der Waals surface area contributed by atoms with Gasteiger partial charge in [0.2, 0.25) is 11.8 Å². The van der Waals surface area contributed by atoms with Gasteiger partial charge in [-0.3, -0.25) is 9.59 Å². The summed E-state index contributed by atoms with van der Waals surface area (Å²) in [5.41, 5.74) is 5.61. The Hall–Kier alpha value is -2.09. The lowest BCUT2D eigenvalue weighted by Gasteiger charge is -2.24. The van der Waals surface area contributed by atoms with Gasteiger partial charge in [-0.1, -0.05) is 30.3 Å². The van der Waals surface area contributed by atoms with Crippen molar-refractivity contribution in [2.24, 2.45) is 5.73 Å². The summed E-state index contributed by atoms with van der Waals surface area (Å²) in [6.45, 7) is -2.40. The molecule has 1 rings (SSSR count). The topological polar surface area (TPSA) is 75.4 Å². The largest absolute Gasteiger partial charge is 0.406 e. The van der Waals surface area contributed by atoms with Crippen molar-refractivity contribution in [2.75, 3.05) is 19.6 Å². The van der Waals surface area contributed by atoms with E-state index in [0.29, 0.717) is 10.5 Å². The molecular weight excluding hydrogens is 287 g/mol. The van der Waals surface area contributed by atoms with Gasteiger partial charge in [0.1, 0.15) is 6.54 Å². The Morgan fingerprint density at radius 2 is 1.81 bits per heavy atom. The number of halogens is 3. The Morgan fingerprint density at radius 1 is 1.19 bits per heavy atom. The summed E-state index contributed by atoms with van der Waals surface area (Å²) in [4.78, 5) is 23.4. The van der Waals surface area contributed by atoms with Crippen molar-refractivity contribution in [3.8, 4) is 0 Å². The van der Waals surface area contributed by atoms with Crippen LogP contribution in [0.15, 0.2) is 30.3 Å². The number of amides is 2. The number of carbonyl (C=O) groups excluding carboxylic acids is 2. The van der Waals surface area contributed by atoms with Crippen LogP contribution in [0.4, 0.5) is 13.2 Å². The molecule has 0 radical (unpaired) electrons. The van der Waals surface area contributed by atoms with Crippen LogP contribution in [0.2, 0.25) is 0 Å². The van der Waals surface area contributed by atoms with Crippen molar-refractivity contribution >= 4 is 11.8 Å². The Bertz CT molecular complexity index is 477. The summed E-state index contributed by atoms with van der Waals surface area (Å²) in [6, 6.07) is 8.30. The fourth-order valence-corrected chi connectivity index (χ4v) is 1.61. The number of nitrogens with two attached hydrogens (primary N) is 1. The minimum atomic E-state index is -4.51. The van der Waals surface area contributed by atoms with Gasteiger partial charge < -0.3 is 16.0 Å². The number of benzene rings is 1. The minimum absolute atomic E-state index is 0.183. The van der Waals surface area contributed by atoms with Crippen LogP contribution in [0.1, 0.15) is 5.56 Å². The smallest absolute Gasteiger partial charge is 0.346 e. The van der Waals surface area contributed by atoms with Crippen LogP contribution in [0.3, 0.4) is 0 Å². The molecule has 0 heterocycles.